The normalized spacial score (nSPS) is 16.0. The lowest BCUT2D eigenvalue weighted by molar-refractivity contribution is 0.516. The van der Waals surface area contributed by atoms with E-state index in [9.17, 15) is 0 Å². The molecule has 1 aromatic carbocycles. The molecule has 3 rings (SSSR count). The number of aromatic nitrogens is 2. The van der Waals surface area contributed by atoms with Crippen molar-refractivity contribution >= 4 is 28.5 Å². The molecule has 2 heterocycles. The number of thioether (sulfide) groups is 1. The Kier molecular flexibility index (Phi) is 3.09. The molecule has 5 heteroatoms. The van der Waals surface area contributed by atoms with Crippen LogP contribution in [0.25, 0.3) is 10.9 Å². The third-order valence-electron chi connectivity index (χ3n) is 3.11. The van der Waals surface area contributed by atoms with Gasteiger partial charge in [0.1, 0.15) is 12.1 Å². The minimum absolute atomic E-state index is 0.282. The van der Waals surface area contributed by atoms with Gasteiger partial charge in [-0.05, 0) is 24.0 Å². The average molecular weight is 260 g/mol. The maximum Gasteiger partial charge on any atom is 0.139 e. The fourth-order valence-corrected chi connectivity index (χ4v) is 2.91. The molecule has 1 fully saturated rings. The van der Waals surface area contributed by atoms with Gasteiger partial charge in [-0.2, -0.15) is 0 Å². The zero-order valence-electron chi connectivity index (χ0n) is 10.3. The van der Waals surface area contributed by atoms with Gasteiger partial charge in [0.2, 0.25) is 0 Å². The molecular formula is C13H16N4S. The highest BCUT2D eigenvalue weighted by atomic mass is 32.2. The van der Waals surface area contributed by atoms with Crippen molar-refractivity contribution in [2.45, 2.75) is 17.9 Å². The van der Waals surface area contributed by atoms with Gasteiger partial charge in [-0.1, -0.05) is 6.92 Å². The number of rotatable bonds is 3. The van der Waals surface area contributed by atoms with Crippen LogP contribution < -0.4 is 10.6 Å². The summed E-state index contributed by atoms with van der Waals surface area (Å²) in [4.78, 5) is 12.2. The van der Waals surface area contributed by atoms with Crippen LogP contribution in [0.2, 0.25) is 0 Å². The molecule has 18 heavy (non-hydrogen) atoms. The third-order valence-corrected chi connectivity index (χ3v) is 3.98. The molecule has 1 aromatic heterocycles. The summed E-state index contributed by atoms with van der Waals surface area (Å²) in [6.07, 6.45) is 1.64. The molecule has 0 saturated carbocycles. The number of fused-ring (bicyclic) bond motifs is 1. The summed E-state index contributed by atoms with van der Waals surface area (Å²) in [5.41, 5.74) is 6.84. The Hall–Kier alpha value is -1.33. The Bertz CT molecular complexity index is 566. The highest BCUT2D eigenvalue weighted by molar-refractivity contribution is 7.99. The van der Waals surface area contributed by atoms with Gasteiger partial charge < -0.3 is 10.6 Å². The van der Waals surface area contributed by atoms with E-state index in [-0.39, 0.29) is 6.04 Å². The van der Waals surface area contributed by atoms with Crippen LogP contribution in [0.3, 0.4) is 0 Å². The van der Waals surface area contributed by atoms with Crippen LogP contribution in [0.5, 0.6) is 0 Å². The number of anilines is 1. The minimum Gasteiger partial charge on any atom is -0.353 e. The standard InChI is InChI=1S/C13H16N4S/c1-2-18-10-3-4-11-12(5-10)15-8-16-13(11)17-6-9(14)7-17/h3-5,8-9H,2,6-7,14H2,1H3. The van der Waals surface area contributed by atoms with Gasteiger partial charge in [-0.25, -0.2) is 9.97 Å². The molecule has 2 N–H and O–H groups in total. The van der Waals surface area contributed by atoms with Gasteiger partial charge in [0.15, 0.2) is 0 Å². The third kappa shape index (κ3) is 2.04. The predicted molar refractivity (Wildman–Crippen MR) is 76.1 cm³/mol. The first kappa shape index (κ1) is 11.7. The van der Waals surface area contributed by atoms with Crippen LogP contribution in [0.4, 0.5) is 5.82 Å². The van der Waals surface area contributed by atoms with Crippen LogP contribution in [0.1, 0.15) is 6.92 Å². The van der Waals surface area contributed by atoms with E-state index in [1.165, 1.54) is 4.90 Å². The second kappa shape index (κ2) is 4.74. The van der Waals surface area contributed by atoms with Crippen LogP contribution in [-0.4, -0.2) is 34.9 Å². The molecule has 0 atom stereocenters. The second-order valence-corrected chi connectivity index (χ2v) is 5.81. The number of hydrogen-bond donors (Lipinski definition) is 1. The van der Waals surface area contributed by atoms with E-state index in [1.54, 1.807) is 6.33 Å². The van der Waals surface area contributed by atoms with Gasteiger partial charge in [0.25, 0.3) is 0 Å². The number of nitrogens with two attached hydrogens (primary N) is 1. The van der Waals surface area contributed by atoms with Crippen molar-refractivity contribution in [3.8, 4) is 0 Å². The fourth-order valence-electron chi connectivity index (χ4n) is 2.22. The van der Waals surface area contributed by atoms with Crippen molar-refractivity contribution < 1.29 is 0 Å². The second-order valence-electron chi connectivity index (χ2n) is 4.47. The van der Waals surface area contributed by atoms with Crippen LogP contribution in [-0.2, 0) is 0 Å². The first-order valence-corrected chi connectivity index (χ1v) is 7.14. The number of benzene rings is 1. The maximum atomic E-state index is 5.83. The van der Waals surface area contributed by atoms with Crippen LogP contribution in [0.15, 0.2) is 29.4 Å². The molecule has 0 spiro atoms. The number of nitrogens with zero attached hydrogens (tertiary/aromatic N) is 3. The molecule has 1 aliphatic heterocycles. The molecular weight excluding hydrogens is 244 g/mol. The predicted octanol–water partition coefficient (Wildman–Crippen LogP) is 1.89. The van der Waals surface area contributed by atoms with E-state index in [4.69, 9.17) is 5.73 Å². The van der Waals surface area contributed by atoms with Gasteiger partial charge in [0, 0.05) is 29.4 Å². The van der Waals surface area contributed by atoms with Crippen molar-refractivity contribution in [1.82, 2.24) is 9.97 Å². The molecule has 1 saturated heterocycles. The summed E-state index contributed by atoms with van der Waals surface area (Å²) >= 11 is 1.83. The molecule has 1 aliphatic rings. The lowest BCUT2D eigenvalue weighted by Crippen LogP contribution is -2.56. The fraction of sp³-hybridized carbons (Fsp3) is 0.385. The molecule has 0 radical (unpaired) electrons. The van der Waals surface area contributed by atoms with E-state index in [2.05, 4.69) is 40.0 Å². The smallest absolute Gasteiger partial charge is 0.139 e. The van der Waals surface area contributed by atoms with Crippen LogP contribution >= 0.6 is 11.8 Å². The zero-order valence-corrected chi connectivity index (χ0v) is 11.2. The minimum atomic E-state index is 0.282. The first-order chi connectivity index (χ1) is 8.78. The van der Waals surface area contributed by atoms with Gasteiger partial charge in [-0.15, -0.1) is 11.8 Å². The molecule has 0 aliphatic carbocycles. The van der Waals surface area contributed by atoms with E-state index >= 15 is 0 Å². The Balaban J connectivity index is 2.00. The van der Waals surface area contributed by atoms with E-state index in [0.717, 1.165) is 35.6 Å². The molecule has 94 valence electrons. The lowest BCUT2D eigenvalue weighted by atomic mass is 10.1. The summed E-state index contributed by atoms with van der Waals surface area (Å²) in [5, 5.41) is 1.12. The SMILES string of the molecule is CCSc1ccc2c(N3CC(N)C3)ncnc2c1. The van der Waals surface area contributed by atoms with Crippen molar-refractivity contribution in [2.75, 3.05) is 23.7 Å². The summed E-state index contributed by atoms with van der Waals surface area (Å²) in [5.74, 6) is 2.08. The quantitative estimate of drug-likeness (QED) is 0.854. The number of hydrogen-bond acceptors (Lipinski definition) is 5. The summed E-state index contributed by atoms with van der Waals surface area (Å²) in [6, 6.07) is 6.68. The molecule has 0 unspecified atom stereocenters. The summed E-state index contributed by atoms with van der Waals surface area (Å²) < 4.78 is 0. The van der Waals surface area contributed by atoms with E-state index in [0.29, 0.717) is 0 Å². The van der Waals surface area contributed by atoms with Crippen molar-refractivity contribution in [3.63, 3.8) is 0 Å². The highest BCUT2D eigenvalue weighted by Crippen LogP contribution is 2.29. The highest BCUT2D eigenvalue weighted by Gasteiger charge is 2.25. The maximum absolute atomic E-state index is 5.83. The Morgan fingerprint density at radius 3 is 2.94 bits per heavy atom. The van der Waals surface area contributed by atoms with Gasteiger partial charge >= 0.3 is 0 Å². The lowest BCUT2D eigenvalue weighted by Gasteiger charge is -2.38. The average Bonchev–Trinajstić information content (AvgIpc) is 2.35. The van der Waals surface area contributed by atoms with Crippen molar-refractivity contribution in [2.24, 2.45) is 5.73 Å². The van der Waals surface area contributed by atoms with Crippen molar-refractivity contribution in [3.05, 3.63) is 24.5 Å². The monoisotopic (exact) mass is 260 g/mol. The molecule has 2 aromatic rings. The zero-order chi connectivity index (χ0) is 12.5. The van der Waals surface area contributed by atoms with Gasteiger partial charge in [0.05, 0.1) is 5.52 Å². The topological polar surface area (TPSA) is 55.0 Å². The van der Waals surface area contributed by atoms with Crippen LogP contribution in [0, 0.1) is 0 Å². The Labute approximate surface area is 111 Å². The first-order valence-electron chi connectivity index (χ1n) is 6.16. The van der Waals surface area contributed by atoms with Gasteiger partial charge in [-0.3, -0.25) is 0 Å². The summed E-state index contributed by atoms with van der Waals surface area (Å²) in [6.45, 7) is 3.93. The molecule has 0 amide bonds. The Morgan fingerprint density at radius 2 is 2.22 bits per heavy atom. The van der Waals surface area contributed by atoms with E-state index in [1.807, 2.05) is 11.8 Å². The van der Waals surface area contributed by atoms with Crippen molar-refractivity contribution in [1.29, 1.82) is 0 Å². The largest absolute Gasteiger partial charge is 0.353 e. The van der Waals surface area contributed by atoms with E-state index < -0.39 is 0 Å². The summed E-state index contributed by atoms with van der Waals surface area (Å²) in [7, 11) is 0. The Morgan fingerprint density at radius 1 is 1.39 bits per heavy atom. The molecule has 4 nitrogen and oxygen atoms in total. The molecule has 0 bridgehead atoms.